The van der Waals surface area contributed by atoms with Gasteiger partial charge in [0.15, 0.2) is 0 Å². The average molecular weight is 399 g/mol. The summed E-state index contributed by atoms with van der Waals surface area (Å²) < 4.78 is 5.95. The van der Waals surface area contributed by atoms with Crippen LogP contribution in [0.15, 0.2) is 26.9 Å². The SMILES string of the molecule is CCc1cc2c(=O)c(-c3nc(C)cs3)coc2c(CN2CCC[C@@H](C)C2)c1O. The second-order valence-corrected chi connectivity index (χ2v) is 8.71. The van der Waals surface area contributed by atoms with Crippen molar-refractivity contribution in [2.45, 2.75) is 46.6 Å². The predicted octanol–water partition coefficient (Wildman–Crippen LogP) is 4.72. The number of aryl methyl sites for hydroxylation is 2. The van der Waals surface area contributed by atoms with Crippen molar-refractivity contribution in [3.05, 3.63) is 44.8 Å². The van der Waals surface area contributed by atoms with E-state index in [2.05, 4.69) is 16.8 Å². The van der Waals surface area contributed by atoms with E-state index in [0.29, 0.717) is 40.4 Å². The minimum atomic E-state index is -0.0847. The monoisotopic (exact) mass is 398 g/mol. The normalized spacial score (nSPS) is 18.0. The number of phenols is 1. The standard InChI is InChI=1S/C22H26N2O3S/c1-4-15-8-16-20(26)18(22-23-14(3)12-28-22)11-27-21(16)17(19(15)25)10-24-7-5-6-13(2)9-24/h8,11-13,25H,4-7,9-10H2,1-3H3/t13-/m1/s1. The van der Waals surface area contributed by atoms with Gasteiger partial charge in [0.2, 0.25) is 5.43 Å². The van der Waals surface area contributed by atoms with Gasteiger partial charge in [-0.25, -0.2) is 4.98 Å². The first-order valence-electron chi connectivity index (χ1n) is 9.92. The Morgan fingerprint density at radius 1 is 1.43 bits per heavy atom. The van der Waals surface area contributed by atoms with Gasteiger partial charge in [-0.3, -0.25) is 9.69 Å². The Labute approximate surface area is 168 Å². The van der Waals surface area contributed by atoms with Crippen LogP contribution in [-0.2, 0) is 13.0 Å². The number of benzene rings is 1. The molecule has 3 heterocycles. The zero-order valence-electron chi connectivity index (χ0n) is 16.6. The third-order valence-corrected chi connectivity index (χ3v) is 6.56. The maximum Gasteiger partial charge on any atom is 0.202 e. The van der Waals surface area contributed by atoms with Crippen LogP contribution in [0.4, 0.5) is 0 Å². The molecule has 0 spiro atoms. The van der Waals surface area contributed by atoms with E-state index in [-0.39, 0.29) is 11.2 Å². The molecule has 0 amide bonds. The highest BCUT2D eigenvalue weighted by Gasteiger charge is 2.23. The largest absolute Gasteiger partial charge is 0.507 e. The highest BCUT2D eigenvalue weighted by molar-refractivity contribution is 7.13. The van der Waals surface area contributed by atoms with E-state index < -0.39 is 0 Å². The number of nitrogens with zero attached hydrogens (tertiary/aromatic N) is 2. The first kappa shape index (κ1) is 19.2. The molecule has 0 aliphatic carbocycles. The summed E-state index contributed by atoms with van der Waals surface area (Å²) in [6.07, 6.45) is 4.55. The first-order chi connectivity index (χ1) is 13.5. The molecular formula is C22H26N2O3S. The average Bonchev–Trinajstić information content (AvgIpc) is 3.10. The summed E-state index contributed by atoms with van der Waals surface area (Å²) in [6, 6.07) is 1.78. The van der Waals surface area contributed by atoms with Crippen molar-refractivity contribution in [1.82, 2.24) is 9.88 Å². The molecule has 1 aromatic carbocycles. The number of hydrogen-bond donors (Lipinski definition) is 1. The van der Waals surface area contributed by atoms with E-state index in [4.69, 9.17) is 4.42 Å². The van der Waals surface area contributed by atoms with Crippen molar-refractivity contribution in [3.63, 3.8) is 0 Å². The number of aromatic hydroxyl groups is 1. The van der Waals surface area contributed by atoms with Gasteiger partial charge in [0.05, 0.1) is 16.5 Å². The van der Waals surface area contributed by atoms with Gasteiger partial charge in [-0.15, -0.1) is 11.3 Å². The molecule has 1 saturated heterocycles. The minimum Gasteiger partial charge on any atom is -0.507 e. The Morgan fingerprint density at radius 3 is 2.93 bits per heavy atom. The quantitative estimate of drug-likeness (QED) is 0.688. The number of hydrogen-bond acceptors (Lipinski definition) is 6. The van der Waals surface area contributed by atoms with Crippen LogP contribution in [0.3, 0.4) is 0 Å². The highest BCUT2D eigenvalue weighted by Crippen LogP contribution is 2.34. The number of piperidine rings is 1. The van der Waals surface area contributed by atoms with Gasteiger partial charge in [-0.05, 0) is 50.3 Å². The lowest BCUT2D eigenvalue weighted by Crippen LogP contribution is -2.33. The number of rotatable bonds is 4. The van der Waals surface area contributed by atoms with E-state index in [1.807, 2.05) is 19.2 Å². The molecule has 0 radical (unpaired) electrons. The number of aromatic nitrogens is 1. The lowest BCUT2D eigenvalue weighted by molar-refractivity contribution is 0.175. The molecule has 0 bridgehead atoms. The predicted molar refractivity (Wildman–Crippen MR) is 113 cm³/mol. The summed E-state index contributed by atoms with van der Waals surface area (Å²) in [5.74, 6) is 0.900. The number of likely N-dealkylation sites (tertiary alicyclic amines) is 1. The van der Waals surface area contributed by atoms with Crippen LogP contribution in [0.1, 0.15) is 43.5 Å². The van der Waals surface area contributed by atoms with E-state index in [1.54, 1.807) is 6.07 Å². The van der Waals surface area contributed by atoms with Crippen LogP contribution in [-0.4, -0.2) is 28.1 Å². The molecule has 6 heteroatoms. The summed E-state index contributed by atoms with van der Waals surface area (Å²) in [5, 5.41) is 14.0. The third kappa shape index (κ3) is 3.47. The maximum absolute atomic E-state index is 13.2. The first-order valence-corrected chi connectivity index (χ1v) is 10.8. The van der Waals surface area contributed by atoms with Crippen LogP contribution in [0.25, 0.3) is 21.5 Å². The Hall–Kier alpha value is -2.18. The molecular weight excluding hydrogens is 372 g/mol. The van der Waals surface area contributed by atoms with E-state index in [1.165, 1.54) is 24.0 Å². The highest BCUT2D eigenvalue weighted by atomic mass is 32.1. The van der Waals surface area contributed by atoms with Crippen molar-refractivity contribution in [2.75, 3.05) is 13.1 Å². The number of fused-ring (bicyclic) bond motifs is 1. The molecule has 1 atom stereocenters. The third-order valence-electron chi connectivity index (χ3n) is 5.56. The van der Waals surface area contributed by atoms with Gasteiger partial charge in [0.25, 0.3) is 0 Å². The smallest absolute Gasteiger partial charge is 0.202 e. The Bertz CT molecular complexity index is 1070. The molecule has 4 rings (SSSR count). The lowest BCUT2D eigenvalue weighted by atomic mass is 9.97. The van der Waals surface area contributed by atoms with Gasteiger partial charge in [0, 0.05) is 24.2 Å². The van der Waals surface area contributed by atoms with Crippen molar-refractivity contribution in [3.8, 4) is 16.3 Å². The van der Waals surface area contributed by atoms with E-state index in [9.17, 15) is 9.90 Å². The molecule has 5 nitrogen and oxygen atoms in total. The van der Waals surface area contributed by atoms with Crippen molar-refractivity contribution in [2.24, 2.45) is 5.92 Å². The zero-order valence-corrected chi connectivity index (χ0v) is 17.4. The van der Waals surface area contributed by atoms with Gasteiger partial charge in [-0.2, -0.15) is 0 Å². The maximum atomic E-state index is 13.2. The van der Waals surface area contributed by atoms with Crippen LogP contribution in [0, 0.1) is 12.8 Å². The fraction of sp³-hybridized carbons (Fsp3) is 0.455. The molecule has 1 aliphatic heterocycles. The van der Waals surface area contributed by atoms with Crippen LogP contribution < -0.4 is 5.43 Å². The lowest BCUT2D eigenvalue weighted by Gasteiger charge is -2.31. The fourth-order valence-electron chi connectivity index (χ4n) is 4.09. The Kier molecular flexibility index (Phi) is 5.25. The summed E-state index contributed by atoms with van der Waals surface area (Å²) in [4.78, 5) is 20.0. The van der Waals surface area contributed by atoms with Crippen molar-refractivity contribution < 1.29 is 9.52 Å². The van der Waals surface area contributed by atoms with Gasteiger partial charge in [0.1, 0.15) is 22.6 Å². The molecule has 148 valence electrons. The molecule has 0 saturated carbocycles. The molecule has 0 unspecified atom stereocenters. The molecule has 28 heavy (non-hydrogen) atoms. The van der Waals surface area contributed by atoms with Gasteiger partial charge in [-0.1, -0.05) is 13.8 Å². The van der Waals surface area contributed by atoms with Gasteiger partial charge < -0.3 is 9.52 Å². The topological polar surface area (TPSA) is 66.6 Å². The van der Waals surface area contributed by atoms with E-state index >= 15 is 0 Å². The zero-order chi connectivity index (χ0) is 19.8. The Morgan fingerprint density at radius 2 is 2.25 bits per heavy atom. The number of phenolic OH excluding ortho intramolecular Hbond substituents is 1. The second kappa shape index (κ2) is 7.68. The van der Waals surface area contributed by atoms with Gasteiger partial charge >= 0.3 is 0 Å². The molecule has 3 aromatic rings. The molecule has 1 aliphatic rings. The molecule has 2 aromatic heterocycles. The summed E-state index contributed by atoms with van der Waals surface area (Å²) in [7, 11) is 0. The summed E-state index contributed by atoms with van der Waals surface area (Å²) in [6.45, 7) is 8.76. The summed E-state index contributed by atoms with van der Waals surface area (Å²) >= 11 is 1.44. The Balaban J connectivity index is 1.85. The van der Waals surface area contributed by atoms with Crippen molar-refractivity contribution in [1.29, 1.82) is 0 Å². The summed E-state index contributed by atoms with van der Waals surface area (Å²) in [5.41, 5.74) is 3.29. The van der Waals surface area contributed by atoms with Crippen LogP contribution >= 0.6 is 11.3 Å². The van der Waals surface area contributed by atoms with Crippen LogP contribution in [0.5, 0.6) is 5.75 Å². The number of thiazole rings is 1. The minimum absolute atomic E-state index is 0.0847. The second-order valence-electron chi connectivity index (χ2n) is 7.85. The molecule has 1 fully saturated rings. The fourth-order valence-corrected chi connectivity index (χ4v) is 4.89. The molecule has 1 N–H and O–H groups in total. The van der Waals surface area contributed by atoms with E-state index in [0.717, 1.165) is 36.3 Å². The van der Waals surface area contributed by atoms with Crippen LogP contribution in [0.2, 0.25) is 0 Å². The van der Waals surface area contributed by atoms with Crippen molar-refractivity contribution >= 4 is 22.3 Å².